The molecule has 1 aliphatic heterocycles. The van der Waals surface area contributed by atoms with E-state index in [4.69, 9.17) is 5.11 Å². The highest BCUT2D eigenvalue weighted by Crippen LogP contribution is 2.16. The number of rotatable bonds is 4. The van der Waals surface area contributed by atoms with E-state index in [1.165, 1.54) is 0 Å². The standard InChI is InChI=1S/C11H22N2O2/c1-7(2)10(6-14)13-11(15)9-5-12-4-8(9)3/h7-10,12,14H,4-6H2,1-3H3,(H,13,15)/t8-,9-,10-/m1/s1. The van der Waals surface area contributed by atoms with Gasteiger partial charge in [-0.15, -0.1) is 0 Å². The van der Waals surface area contributed by atoms with Crippen molar-refractivity contribution in [2.24, 2.45) is 17.8 Å². The van der Waals surface area contributed by atoms with Crippen molar-refractivity contribution in [1.82, 2.24) is 10.6 Å². The van der Waals surface area contributed by atoms with Crippen LogP contribution in [0.15, 0.2) is 0 Å². The van der Waals surface area contributed by atoms with Crippen LogP contribution in [0, 0.1) is 17.8 Å². The zero-order chi connectivity index (χ0) is 11.4. The van der Waals surface area contributed by atoms with Gasteiger partial charge in [-0.05, 0) is 18.4 Å². The van der Waals surface area contributed by atoms with E-state index in [2.05, 4.69) is 17.6 Å². The Kier molecular flexibility index (Phi) is 4.54. The zero-order valence-corrected chi connectivity index (χ0v) is 9.79. The Labute approximate surface area is 91.4 Å². The van der Waals surface area contributed by atoms with Crippen LogP contribution in [0.25, 0.3) is 0 Å². The number of aliphatic hydroxyl groups excluding tert-OH is 1. The summed E-state index contributed by atoms with van der Waals surface area (Å²) >= 11 is 0. The maximum absolute atomic E-state index is 11.9. The molecule has 0 aromatic carbocycles. The van der Waals surface area contributed by atoms with Crippen LogP contribution in [0.2, 0.25) is 0 Å². The summed E-state index contributed by atoms with van der Waals surface area (Å²) in [5, 5.41) is 15.2. The minimum Gasteiger partial charge on any atom is -0.394 e. The van der Waals surface area contributed by atoms with Crippen molar-refractivity contribution in [2.75, 3.05) is 19.7 Å². The second kappa shape index (κ2) is 5.47. The summed E-state index contributed by atoms with van der Waals surface area (Å²) in [5.41, 5.74) is 0. The van der Waals surface area contributed by atoms with Gasteiger partial charge in [0.05, 0.1) is 18.6 Å². The molecule has 1 fully saturated rings. The minimum atomic E-state index is -0.120. The van der Waals surface area contributed by atoms with Gasteiger partial charge in [0.25, 0.3) is 0 Å². The first-order valence-electron chi connectivity index (χ1n) is 5.68. The van der Waals surface area contributed by atoms with E-state index in [9.17, 15) is 4.79 Å². The predicted molar refractivity (Wildman–Crippen MR) is 59.4 cm³/mol. The van der Waals surface area contributed by atoms with E-state index < -0.39 is 0 Å². The van der Waals surface area contributed by atoms with E-state index in [0.717, 1.165) is 13.1 Å². The predicted octanol–water partition coefficient (Wildman–Crippen LogP) is -0.0250. The van der Waals surface area contributed by atoms with Crippen molar-refractivity contribution >= 4 is 5.91 Å². The summed E-state index contributed by atoms with van der Waals surface area (Å²) in [7, 11) is 0. The molecule has 0 aromatic rings. The summed E-state index contributed by atoms with van der Waals surface area (Å²) in [4.78, 5) is 11.9. The monoisotopic (exact) mass is 214 g/mol. The highest BCUT2D eigenvalue weighted by atomic mass is 16.3. The molecule has 1 aliphatic rings. The first-order chi connectivity index (χ1) is 7.06. The van der Waals surface area contributed by atoms with Crippen LogP contribution >= 0.6 is 0 Å². The quantitative estimate of drug-likeness (QED) is 0.616. The van der Waals surface area contributed by atoms with Gasteiger partial charge >= 0.3 is 0 Å². The molecule has 4 heteroatoms. The Hall–Kier alpha value is -0.610. The molecule has 0 radical (unpaired) electrons. The molecule has 3 N–H and O–H groups in total. The molecule has 0 aliphatic carbocycles. The van der Waals surface area contributed by atoms with Crippen LogP contribution < -0.4 is 10.6 Å². The fraction of sp³-hybridized carbons (Fsp3) is 0.909. The maximum Gasteiger partial charge on any atom is 0.225 e. The van der Waals surface area contributed by atoms with Crippen molar-refractivity contribution in [3.05, 3.63) is 0 Å². The summed E-state index contributed by atoms with van der Waals surface area (Å²) in [6.45, 7) is 7.74. The first kappa shape index (κ1) is 12.5. The van der Waals surface area contributed by atoms with Crippen molar-refractivity contribution in [1.29, 1.82) is 0 Å². The van der Waals surface area contributed by atoms with Crippen LogP contribution in [0.3, 0.4) is 0 Å². The molecule has 15 heavy (non-hydrogen) atoms. The van der Waals surface area contributed by atoms with Crippen LogP contribution in [0.1, 0.15) is 20.8 Å². The molecule has 1 rings (SSSR count). The zero-order valence-electron chi connectivity index (χ0n) is 9.79. The molecule has 0 bridgehead atoms. The third kappa shape index (κ3) is 3.18. The molecule has 1 heterocycles. The van der Waals surface area contributed by atoms with Gasteiger partial charge in [-0.1, -0.05) is 20.8 Å². The van der Waals surface area contributed by atoms with Crippen LogP contribution in [0.5, 0.6) is 0 Å². The van der Waals surface area contributed by atoms with Crippen molar-refractivity contribution in [3.63, 3.8) is 0 Å². The van der Waals surface area contributed by atoms with Gasteiger partial charge < -0.3 is 15.7 Å². The van der Waals surface area contributed by atoms with Gasteiger partial charge in [-0.25, -0.2) is 0 Å². The maximum atomic E-state index is 11.9. The number of aliphatic hydroxyl groups is 1. The van der Waals surface area contributed by atoms with Gasteiger partial charge in [0.2, 0.25) is 5.91 Å². The molecule has 0 aromatic heterocycles. The summed E-state index contributed by atoms with van der Waals surface area (Å²) < 4.78 is 0. The molecule has 4 nitrogen and oxygen atoms in total. The molecule has 1 saturated heterocycles. The van der Waals surface area contributed by atoms with Crippen LogP contribution in [-0.2, 0) is 4.79 Å². The number of hydrogen-bond donors (Lipinski definition) is 3. The van der Waals surface area contributed by atoms with Gasteiger partial charge in [-0.3, -0.25) is 4.79 Å². The molecule has 0 spiro atoms. The van der Waals surface area contributed by atoms with Crippen LogP contribution in [0.4, 0.5) is 0 Å². The summed E-state index contributed by atoms with van der Waals surface area (Å²) in [6, 6.07) is -0.120. The summed E-state index contributed by atoms with van der Waals surface area (Å²) in [5.74, 6) is 0.776. The molecule has 3 atom stereocenters. The molecule has 0 saturated carbocycles. The lowest BCUT2D eigenvalue weighted by Crippen LogP contribution is -2.45. The Morgan fingerprint density at radius 2 is 2.20 bits per heavy atom. The van der Waals surface area contributed by atoms with Gasteiger partial charge in [0, 0.05) is 6.54 Å². The van der Waals surface area contributed by atoms with Gasteiger partial charge in [0.1, 0.15) is 0 Å². The summed E-state index contributed by atoms with van der Waals surface area (Å²) in [6.07, 6.45) is 0. The Bertz CT molecular complexity index is 219. The highest BCUT2D eigenvalue weighted by molar-refractivity contribution is 5.79. The van der Waals surface area contributed by atoms with Crippen molar-refractivity contribution < 1.29 is 9.90 Å². The number of carbonyl (C=O) groups excluding carboxylic acids is 1. The molecule has 0 unspecified atom stereocenters. The van der Waals surface area contributed by atoms with Crippen molar-refractivity contribution in [2.45, 2.75) is 26.8 Å². The second-order valence-corrected chi connectivity index (χ2v) is 4.78. The molecule has 88 valence electrons. The minimum absolute atomic E-state index is 0.0118. The first-order valence-corrected chi connectivity index (χ1v) is 5.68. The topological polar surface area (TPSA) is 61.4 Å². The van der Waals surface area contributed by atoms with Gasteiger partial charge in [-0.2, -0.15) is 0 Å². The van der Waals surface area contributed by atoms with E-state index in [-0.39, 0.29) is 30.4 Å². The number of amides is 1. The number of hydrogen-bond acceptors (Lipinski definition) is 3. The SMILES string of the molecule is CC(C)[C@@H](CO)NC(=O)[C@@H]1CNC[C@H]1C. The number of nitrogens with one attached hydrogen (secondary N) is 2. The smallest absolute Gasteiger partial charge is 0.225 e. The average molecular weight is 214 g/mol. The lowest BCUT2D eigenvalue weighted by Gasteiger charge is -2.23. The van der Waals surface area contributed by atoms with E-state index in [1.54, 1.807) is 0 Å². The lowest BCUT2D eigenvalue weighted by molar-refractivity contribution is -0.126. The molecule has 1 amide bonds. The number of carbonyl (C=O) groups is 1. The average Bonchev–Trinajstić information content (AvgIpc) is 2.60. The Morgan fingerprint density at radius 1 is 1.53 bits per heavy atom. The van der Waals surface area contributed by atoms with Gasteiger partial charge in [0.15, 0.2) is 0 Å². The molecular weight excluding hydrogens is 192 g/mol. The third-order valence-electron chi connectivity index (χ3n) is 3.18. The fourth-order valence-corrected chi connectivity index (χ4v) is 1.87. The lowest BCUT2D eigenvalue weighted by atomic mass is 9.96. The fourth-order valence-electron chi connectivity index (χ4n) is 1.87. The molecular formula is C11H22N2O2. The van der Waals surface area contributed by atoms with Crippen molar-refractivity contribution in [3.8, 4) is 0 Å². The van der Waals surface area contributed by atoms with E-state index >= 15 is 0 Å². The van der Waals surface area contributed by atoms with Crippen LogP contribution in [-0.4, -0.2) is 36.8 Å². The Morgan fingerprint density at radius 3 is 2.60 bits per heavy atom. The normalized spacial score (nSPS) is 28.1. The van der Waals surface area contributed by atoms with E-state index in [1.807, 2.05) is 13.8 Å². The second-order valence-electron chi connectivity index (χ2n) is 4.78. The highest BCUT2D eigenvalue weighted by Gasteiger charge is 2.30. The largest absolute Gasteiger partial charge is 0.394 e. The third-order valence-corrected chi connectivity index (χ3v) is 3.18. The Balaban J connectivity index is 2.46. The van der Waals surface area contributed by atoms with E-state index in [0.29, 0.717) is 5.92 Å².